The van der Waals surface area contributed by atoms with Crippen LogP contribution in [-0.4, -0.2) is 19.8 Å². The molecule has 0 aliphatic carbocycles. The maximum atomic E-state index is 5.81. The lowest BCUT2D eigenvalue weighted by Crippen LogP contribution is -2.07. The zero-order valence-corrected chi connectivity index (χ0v) is 9.67. The van der Waals surface area contributed by atoms with Crippen molar-refractivity contribution >= 4 is 5.69 Å². The lowest BCUT2D eigenvalue weighted by atomic mass is 10.1. The highest BCUT2D eigenvalue weighted by Gasteiger charge is 2.02. The summed E-state index contributed by atoms with van der Waals surface area (Å²) in [6.07, 6.45) is 0. The summed E-state index contributed by atoms with van der Waals surface area (Å²) < 4.78 is 10.8. The summed E-state index contributed by atoms with van der Waals surface area (Å²) in [6.45, 7) is 7.88. The predicted molar refractivity (Wildman–Crippen MR) is 62.3 cm³/mol. The average molecular weight is 209 g/mol. The molecule has 0 saturated heterocycles. The van der Waals surface area contributed by atoms with Gasteiger partial charge in [-0.1, -0.05) is 6.07 Å². The van der Waals surface area contributed by atoms with E-state index in [0.717, 1.165) is 29.2 Å². The quantitative estimate of drug-likeness (QED) is 0.598. The molecule has 0 fully saturated rings. The summed E-state index contributed by atoms with van der Waals surface area (Å²) in [6, 6.07) is 3.90. The Morgan fingerprint density at radius 1 is 1.13 bits per heavy atom. The topological polar surface area (TPSA) is 44.5 Å². The second kappa shape index (κ2) is 5.61. The van der Waals surface area contributed by atoms with Crippen molar-refractivity contribution in [3.8, 4) is 5.75 Å². The van der Waals surface area contributed by atoms with Gasteiger partial charge in [-0.05, 0) is 31.9 Å². The van der Waals surface area contributed by atoms with Crippen molar-refractivity contribution in [3.05, 3.63) is 23.3 Å². The van der Waals surface area contributed by atoms with Gasteiger partial charge >= 0.3 is 0 Å². The highest BCUT2D eigenvalue weighted by molar-refractivity contribution is 5.54. The van der Waals surface area contributed by atoms with Gasteiger partial charge in [0.15, 0.2) is 0 Å². The Hall–Kier alpha value is -1.22. The van der Waals surface area contributed by atoms with E-state index in [1.54, 1.807) is 0 Å². The third-order valence-electron chi connectivity index (χ3n) is 2.25. The van der Waals surface area contributed by atoms with Gasteiger partial charge < -0.3 is 15.2 Å². The van der Waals surface area contributed by atoms with Crippen molar-refractivity contribution in [2.45, 2.75) is 20.8 Å². The first-order valence-corrected chi connectivity index (χ1v) is 5.22. The number of hydrogen-bond donors (Lipinski definition) is 1. The zero-order valence-electron chi connectivity index (χ0n) is 9.67. The van der Waals surface area contributed by atoms with E-state index in [9.17, 15) is 0 Å². The van der Waals surface area contributed by atoms with Gasteiger partial charge in [0.05, 0.1) is 6.61 Å². The molecular formula is C12H19NO2. The van der Waals surface area contributed by atoms with E-state index in [1.165, 1.54) is 0 Å². The number of nitrogen functional groups attached to an aromatic ring is 1. The smallest absolute Gasteiger partial charge is 0.124 e. The number of nitrogens with two attached hydrogens (primary N) is 1. The van der Waals surface area contributed by atoms with Crippen molar-refractivity contribution in [1.29, 1.82) is 0 Å². The van der Waals surface area contributed by atoms with Gasteiger partial charge in [-0.25, -0.2) is 0 Å². The zero-order chi connectivity index (χ0) is 11.3. The maximum absolute atomic E-state index is 5.81. The third kappa shape index (κ3) is 3.44. The number of aryl methyl sites for hydroxylation is 2. The summed E-state index contributed by atoms with van der Waals surface area (Å²) in [5, 5.41) is 0. The number of anilines is 1. The highest BCUT2D eigenvalue weighted by atomic mass is 16.5. The molecule has 0 aromatic heterocycles. The molecular weight excluding hydrogens is 190 g/mol. The lowest BCUT2D eigenvalue weighted by Gasteiger charge is -2.11. The van der Waals surface area contributed by atoms with Crippen LogP contribution in [0.1, 0.15) is 18.1 Å². The second-order valence-electron chi connectivity index (χ2n) is 3.52. The summed E-state index contributed by atoms with van der Waals surface area (Å²) in [5.74, 6) is 0.845. The van der Waals surface area contributed by atoms with Crippen LogP contribution in [-0.2, 0) is 4.74 Å². The molecule has 0 heterocycles. The van der Waals surface area contributed by atoms with E-state index in [2.05, 4.69) is 0 Å². The molecule has 0 unspecified atom stereocenters. The van der Waals surface area contributed by atoms with Gasteiger partial charge in [0.2, 0.25) is 0 Å². The minimum Gasteiger partial charge on any atom is -0.491 e. The Balaban J connectivity index is 2.57. The Morgan fingerprint density at radius 3 is 2.53 bits per heavy atom. The first-order chi connectivity index (χ1) is 7.15. The third-order valence-corrected chi connectivity index (χ3v) is 2.25. The minimum atomic E-state index is 0.567. The second-order valence-corrected chi connectivity index (χ2v) is 3.52. The maximum Gasteiger partial charge on any atom is 0.124 e. The Kier molecular flexibility index (Phi) is 4.43. The van der Waals surface area contributed by atoms with E-state index in [0.29, 0.717) is 13.2 Å². The largest absolute Gasteiger partial charge is 0.491 e. The molecule has 3 nitrogen and oxygen atoms in total. The van der Waals surface area contributed by atoms with Gasteiger partial charge in [-0.2, -0.15) is 0 Å². The fourth-order valence-electron chi connectivity index (χ4n) is 1.36. The summed E-state index contributed by atoms with van der Waals surface area (Å²) in [5.41, 5.74) is 8.78. The first kappa shape index (κ1) is 11.9. The van der Waals surface area contributed by atoms with Gasteiger partial charge in [0, 0.05) is 18.4 Å². The summed E-state index contributed by atoms with van der Waals surface area (Å²) in [4.78, 5) is 0. The van der Waals surface area contributed by atoms with Gasteiger partial charge in [0.1, 0.15) is 12.4 Å². The van der Waals surface area contributed by atoms with Crippen molar-refractivity contribution in [3.63, 3.8) is 0 Å². The molecule has 1 rings (SSSR count). The molecule has 0 radical (unpaired) electrons. The standard InChI is InChI=1S/C12H19NO2/c1-4-14-5-6-15-12-8-11(13)9(2)7-10(12)3/h7-8H,4-6,13H2,1-3H3. The van der Waals surface area contributed by atoms with Crippen LogP contribution < -0.4 is 10.5 Å². The molecule has 3 heteroatoms. The van der Waals surface area contributed by atoms with Crippen LogP contribution in [0.3, 0.4) is 0 Å². The molecule has 0 bridgehead atoms. The fraction of sp³-hybridized carbons (Fsp3) is 0.500. The fourth-order valence-corrected chi connectivity index (χ4v) is 1.36. The normalized spacial score (nSPS) is 10.3. The van der Waals surface area contributed by atoms with Gasteiger partial charge in [0.25, 0.3) is 0 Å². The SMILES string of the molecule is CCOCCOc1cc(N)c(C)cc1C. The van der Waals surface area contributed by atoms with Crippen LogP contribution in [0, 0.1) is 13.8 Å². The van der Waals surface area contributed by atoms with Gasteiger partial charge in [-0.3, -0.25) is 0 Å². The Labute approximate surface area is 91.2 Å². The van der Waals surface area contributed by atoms with Crippen molar-refractivity contribution < 1.29 is 9.47 Å². The molecule has 2 N–H and O–H groups in total. The van der Waals surface area contributed by atoms with E-state index >= 15 is 0 Å². The van der Waals surface area contributed by atoms with Crippen molar-refractivity contribution in [2.75, 3.05) is 25.6 Å². The van der Waals surface area contributed by atoms with E-state index in [1.807, 2.05) is 32.9 Å². The van der Waals surface area contributed by atoms with Crippen molar-refractivity contribution in [1.82, 2.24) is 0 Å². The first-order valence-electron chi connectivity index (χ1n) is 5.22. The Bertz CT molecular complexity index is 324. The molecule has 0 amide bonds. The van der Waals surface area contributed by atoms with E-state index in [-0.39, 0.29) is 0 Å². The highest BCUT2D eigenvalue weighted by Crippen LogP contribution is 2.24. The van der Waals surface area contributed by atoms with Gasteiger partial charge in [-0.15, -0.1) is 0 Å². The number of benzene rings is 1. The molecule has 1 aromatic rings. The molecule has 84 valence electrons. The lowest BCUT2D eigenvalue weighted by molar-refractivity contribution is 0.110. The molecule has 15 heavy (non-hydrogen) atoms. The van der Waals surface area contributed by atoms with Crippen LogP contribution in [0.2, 0.25) is 0 Å². The van der Waals surface area contributed by atoms with Crippen LogP contribution in [0.25, 0.3) is 0 Å². The molecule has 0 spiro atoms. The molecule has 1 aromatic carbocycles. The van der Waals surface area contributed by atoms with E-state index in [4.69, 9.17) is 15.2 Å². The van der Waals surface area contributed by atoms with Crippen molar-refractivity contribution in [2.24, 2.45) is 0 Å². The Morgan fingerprint density at radius 2 is 1.87 bits per heavy atom. The minimum absolute atomic E-state index is 0.567. The molecule has 0 aliphatic heterocycles. The number of hydrogen-bond acceptors (Lipinski definition) is 3. The van der Waals surface area contributed by atoms with Crippen LogP contribution >= 0.6 is 0 Å². The molecule has 0 saturated carbocycles. The van der Waals surface area contributed by atoms with Crippen LogP contribution in [0.4, 0.5) is 5.69 Å². The number of rotatable bonds is 5. The monoisotopic (exact) mass is 209 g/mol. The molecule has 0 aliphatic rings. The van der Waals surface area contributed by atoms with E-state index < -0.39 is 0 Å². The average Bonchev–Trinajstić information content (AvgIpc) is 2.20. The predicted octanol–water partition coefficient (Wildman–Crippen LogP) is 2.30. The number of ether oxygens (including phenoxy) is 2. The van der Waals surface area contributed by atoms with Crippen LogP contribution in [0.5, 0.6) is 5.75 Å². The van der Waals surface area contributed by atoms with Crippen LogP contribution in [0.15, 0.2) is 12.1 Å². The molecule has 0 atom stereocenters. The summed E-state index contributed by atoms with van der Waals surface area (Å²) >= 11 is 0. The summed E-state index contributed by atoms with van der Waals surface area (Å²) in [7, 11) is 0.